The zero-order valence-electron chi connectivity index (χ0n) is 9.87. The first-order valence-corrected chi connectivity index (χ1v) is 6.29. The molecule has 4 nitrogen and oxygen atoms in total. The molecule has 0 aromatic rings. The van der Waals surface area contributed by atoms with Crippen molar-refractivity contribution in [2.75, 3.05) is 6.61 Å². The minimum atomic E-state index is -0.723. The van der Waals surface area contributed by atoms with Crippen molar-refractivity contribution in [3.05, 3.63) is 0 Å². The fraction of sp³-hybridized carbons (Fsp3) is 0.917. The van der Waals surface area contributed by atoms with Gasteiger partial charge in [0, 0.05) is 19.1 Å². The molecule has 0 saturated heterocycles. The molecule has 16 heavy (non-hydrogen) atoms. The summed E-state index contributed by atoms with van der Waals surface area (Å²) in [6.45, 7) is 2.63. The number of hydrogen-bond acceptors (Lipinski definition) is 3. The van der Waals surface area contributed by atoms with Crippen LogP contribution in [0.25, 0.3) is 0 Å². The van der Waals surface area contributed by atoms with E-state index in [1.807, 2.05) is 6.92 Å². The van der Waals surface area contributed by atoms with Crippen LogP contribution in [0.15, 0.2) is 0 Å². The highest BCUT2D eigenvalue weighted by molar-refractivity contribution is 5.79. The first-order chi connectivity index (χ1) is 7.66. The van der Waals surface area contributed by atoms with Gasteiger partial charge in [0.25, 0.3) is 0 Å². The van der Waals surface area contributed by atoms with Crippen molar-refractivity contribution in [3.63, 3.8) is 0 Å². The Kier molecular flexibility index (Phi) is 3.50. The summed E-state index contributed by atoms with van der Waals surface area (Å²) >= 11 is 0. The summed E-state index contributed by atoms with van der Waals surface area (Å²) in [7, 11) is 0. The maximum absolute atomic E-state index is 11.5. The smallest absolute Gasteiger partial charge is 0.324 e. The fourth-order valence-electron chi connectivity index (χ4n) is 2.61. The molecule has 0 aliphatic heterocycles. The Morgan fingerprint density at radius 1 is 1.50 bits per heavy atom. The SMILES string of the molecule is CCOC1CCCC(NC2CC2)(C(=O)O)C1. The number of carboxylic acid groups (broad SMARTS) is 1. The minimum absolute atomic E-state index is 0.112. The topological polar surface area (TPSA) is 58.6 Å². The van der Waals surface area contributed by atoms with Crippen LogP contribution < -0.4 is 5.32 Å². The Morgan fingerprint density at radius 3 is 2.81 bits per heavy atom. The Labute approximate surface area is 96.4 Å². The van der Waals surface area contributed by atoms with Crippen LogP contribution in [0.1, 0.15) is 45.4 Å². The monoisotopic (exact) mass is 227 g/mol. The standard InChI is InChI=1S/C12H21NO3/c1-2-16-10-4-3-7-12(8-10,11(14)15)13-9-5-6-9/h9-10,13H,2-8H2,1H3,(H,14,15). The molecule has 92 valence electrons. The molecule has 4 heteroatoms. The van der Waals surface area contributed by atoms with E-state index in [0.29, 0.717) is 19.1 Å². The van der Waals surface area contributed by atoms with Gasteiger partial charge in [-0.15, -0.1) is 0 Å². The molecule has 2 aliphatic rings. The van der Waals surface area contributed by atoms with Crippen molar-refractivity contribution in [1.82, 2.24) is 5.32 Å². The van der Waals surface area contributed by atoms with Gasteiger partial charge in [-0.3, -0.25) is 10.1 Å². The highest BCUT2D eigenvalue weighted by atomic mass is 16.5. The van der Waals surface area contributed by atoms with Crippen molar-refractivity contribution < 1.29 is 14.6 Å². The van der Waals surface area contributed by atoms with Crippen LogP contribution in [0.2, 0.25) is 0 Å². The molecule has 0 bridgehead atoms. The lowest BCUT2D eigenvalue weighted by atomic mass is 9.80. The molecule has 0 spiro atoms. The molecule has 0 radical (unpaired) electrons. The number of ether oxygens (including phenoxy) is 1. The summed E-state index contributed by atoms with van der Waals surface area (Å²) < 4.78 is 5.59. The van der Waals surface area contributed by atoms with Crippen LogP contribution in [0.4, 0.5) is 0 Å². The Balaban J connectivity index is 2.01. The van der Waals surface area contributed by atoms with Crippen molar-refractivity contribution in [2.45, 2.75) is 63.1 Å². The normalized spacial score (nSPS) is 34.9. The Hall–Kier alpha value is -0.610. The Morgan fingerprint density at radius 2 is 2.25 bits per heavy atom. The van der Waals surface area contributed by atoms with Gasteiger partial charge in [0.2, 0.25) is 0 Å². The van der Waals surface area contributed by atoms with Crippen molar-refractivity contribution in [1.29, 1.82) is 0 Å². The van der Waals surface area contributed by atoms with E-state index >= 15 is 0 Å². The lowest BCUT2D eigenvalue weighted by Crippen LogP contribution is -2.57. The van der Waals surface area contributed by atoms with E-state index in [9.17, 15) is 9.90 Å². The zero-order valence-corrected chi connectivity index (χ0v) is 9.87. The van der Waals surface area contributed by atoms with Crippen molar-refractivity contribution in [2.24, 2.45) is 0 Å². The van der Waals surface area contributed by atoms with Gasteiger partial charge in [0.15, 0.2) is 0 Å². The van der Waals surface area contributed by atoms with E-state index in [1.165, 1.54) is 0 Å². The molecule has 2 unspecified atom stereocenters. The summed E-state index contributed by atoms with van der Waals surface area (Å²) in [6.07, 6.45) is 5.64. The average molecular weight is 227 g/mol. The maximum Gasteiger partial charge on any atom is 0.324 e. The third kappa shape index (κ3) is 2.55. The van der Waals surface area contributed by atoms with Gasteiger partial charge in [0.05, 0.1) is 6.10 Å². The predicted molar refractivity (Wildman–Crippen MR) is 60.4 cm³/mol. The summed E-state index contributed by atoms with van der Waals surface area (Å²) in [5, 5.41) is 12.7. The van der Waals surface area contributed by atoms with Crippen LogP contribution >= 0.6 is 0 Å². The first kappa shape index (κ1) is 11.9. The molecule has 0 aromatic heterocycles. The van der Waals surface area contributed by atoms with Gasteiger partial charge in [0.1, 0.15) is 5.54 Å². The summed E-state index contributed by atoms with van der Waals surface area (Å²) in [4.78, 5) is 11.5. The van der Waals surface area contributed by atoms with Gasteiger partial charge < -0.3 is 9.84 Å². The second-order valence-electron chi connectivity index (χ2n) is 4.98. The molecular formula is C12H21NO3. The largest absolute Gasteiger partial charge is 0.480 e. The highest BCUT2D eigenvalue weighted by Gasteiger charge is 2.46. The van der Waals surface area contributed by atoms with E-state index in [1.54, 1.807) is 0 Å². The van der Waals surface area contributed by atoms with E-state index in [0.717, 1.165) is 32.1 Å². The zero-order chi connectivity index (χ0) is 11.6. The molecule has 2 N–H and O–H groups in total. The quantitative estimate of drug-likeness (QED) is 0.748. The van der Waals surface area contributed by atoms with E-state index in [2.05, 4.69) is 5.32 Å². The van der Waals surface area contributed by atoms with Gasteiger partial charge in [-0.25, -0.2) is 0 Å². The number of hydrogen-bond donors (Lipinski definition) is 2. The molecule has 2 saturated carbocycles. The number of carboxylic acids is 1. The molecule has 0 heterocycles. The number of carbonyl (C=O) groups is 1. The third-order valence-corrected chi connectivity index (χ3v) is 3.58. The van der Waals surface area contributed by atoms with E-state index in [-0.39, 0.29) is 6.10 Å². The number of nitrogens with one attached hydrogen (secondary N) is 1. The molecule has 2 fully saturated rings. The molecule has 2 rings (SSSR count). The lowest BCUT2D eigenvalue weighted by molar-refractivity contribution is -0.149. The summed E-state index contributed by atoms with van der Waals surface area (Å²) in [5.74, 6) is -0.705. The molecule has 0 aromatic carbocycles. The lowest BCUT2D eigenvalue weighted by Gasteiger charge is -2.38. The van der Waals surface area contributed by atoms with Gasteiger partial charge in [-0.05, 0) is 39.0 Å². The summed E-state index contributed by atoms with van der Waals surface area (Å²) in [5.41, 5.74) is -0.723. The molecule has 0 amide bonds. The number of aliphatic carboxylic acids is 1. The predicted octanol–water partition coefficient (Wildman–Crippen LogP) is 1.54. The summed E-state index contributed by atoms with van der Waals surface area (Å²) in [6, 6.07) is 0.427. The minimum Gasteiger partial charge on any atom is -0.480 e. The highest BCUT2D eigenvalue weighted by Crippen LogP contribution is 2.34. The molecular weight excluding hydrogens is 206 g/mol. The van der Waals surface area contributed by atoms with Gasteiger partial charge in [-0.1, -0.05) is 0 Å². The number of rotatable bonds is 5. The van der Waals surface area contributed by atoms with E-state index in [4.69, 9.17) is 4.74 Å². The molecule has 2 aliphatic carbocycles. The van der Waals surface area contributed by atoms with Crippen LogP contribution in [0.3, 0.4) is 0 Å². The second kappa shape index (κ2) is 4.72. The van der Waals surface area contributed by atoms with Gasteiger partial charge in [-0.2, -0.15) is 0 Å². The Bertz CT molecular complexity index is 263. The van der Waals surface area contributed by atoms with Crippen molar-refractivity contribution in [3.8, 4) is 0 Å². The van der Waals surface area contributed by atoms with Crippen molar-refractivity contribution >= 4 is 5.97 Å². The van der Waals surface area contributed by atoms with Crippen LogP contribution in [0.5, 0.6) is 0 Å². The average Bonchev–Trinajstić information content (AvgIpc) is 3.02. The van der Waals surface area contributed by atoms with E-state index < -0.39 is 11.5 Å². The maximum atomic E-state index is 11.5. The second-order valence-corrected chi connectivity index (χ2v) is 4.98. The first-order valence-electron chi connectivity index (χ1n) is 6.29. The van der Waals surface area contributed by atoms with Crippen LogP contribution in [-0.2, 0) is 9.53 Å². The third-order valence-electron chi connectivity index (χ3n) is 3.58. The molecule has 2 atom stereocenters. The van der Waals surface area contributed by atoms with Crippen LogP contribution in [0, 0.1) is 0 Å². The van der Waals surface area contributed by atoms with Gasteiger partial charge >= 0.3 is 5.97 Å². The fourth-order valence-corrected chi connectivity index (χ4v) is 2.61. The van der Waals surface area contributed by atoms with Crippen LogP contribution in [-0.4, -0.2) is 35.4 Å².